The van der Waals surface area contributed by atoms with E-state index < -0.39 is 0 Å². The first-order valence-corrected chi connectivity index (χ1v) is 8.06. The van der Waals surface area contributed by atoms with E-state index in [2.05, 4.69) is 22.2 Å². The van der Waals surface area contributed by atoms with Crippen molar-refractivity contribution in [3.05, 3.63) is 48.0 Å². The number of rotatable bonds is 6. The molecule has 0 bridgehead atoms. The highest BCUT2D eigenvalue weighted by atomic mass is 16.5. The summed E-state index contributed by atoms with van der Waals surface area (Å²) in [6, 6.07) is 9.02. The Morgan fingerprint density at radius 2 is 2.04 bits per heavy atom. The minimum atomic E-state index is -0.218. The third-order valence-corrected chi connectivity index (χ3v) is 3.87. The van der Waals surface area contributed by atoms with Crippen LogP contribution in [0.15, 0.2) is 36.5 Å². The van der Waals surface area contributed by atoms with Gasteiger partial charge in [0.15, 0.2) is 0 Å². The summed E-state index contributed by atoms with van der Waals surface area (Å²) >= 11 is 0. The fraction of sp³-hybridized carbons (Fsp3) is 0.389. The molecule has 1 aromatic heterocycles. The molecule has 5 nitrogen and oxygen atoms in total. The van der Waals surface area contributed by atoms with Crippen LogP contribution in [0.25, 0.3) is 0 Å². The Balaban J connectivity index is 1.64. The van der Waals surface area contributed by atoms with E-state index in [-0.39, 0.29) is 12.0 Å². The highest BCUT2D eigenvalue weighted by Gasteiger charge is 2.27. The lowest BCUT2D eigenvalue weighted by Crippen LogP contribution is -2.15. The van der Waals surface area contributed by atoms with E-state index in [1.165, 1.54) is 0 Å². The SMILES string of the molecule is CC[C@H](C)Oc1ccc(NC(=O)c2ccnc(C3CC3)n2)cc1. The molecule has 120 valence electrons. The van der Waals surface area contributed by atoms with Crippen LogP contribution in [0.2, 0.25) is 0 Å². The molecule has 0 aliphatic heterocycles. The second kappa shape index (κ2) is 6.77. The summed E-state index contributed by atoms with van der Waals surface area (Å²) in [6.45, 7) is 4.11. The monoisotopic (exact) mass is 311 g/mol. The molecule has 5 heteroatoms. The molecule has 1 aromatic carbocycles. The minimum absolute atomic E-state index is 0.178. The number of anilines is 1. The summed E-state index contributed by atoms with van der Waals surface area (Å²) in [4.78, 5) is 20.9. The molecule has 1 aliphatic carbocycles. The van der Waals surface area contributed by atoms with Crippen molar-refractivity contribution in [3.8, 4) is 5.75 Å². The van der Waals surface area contributed by atoms with Gasteiger partial charge in [-0.05, 0) is 56.5 Å². The van der Waals surface area contributed by atoms with Crippen molar-refractivity contribution in [2.75, 3.05) is 5.32 Å². The number of nitrogens with zero attached hydrogens (tertiary/aromatic N) is 2. The van der Waals surface area contributed by atoms with E-state index >= 15 is 0 Å². The zero-order chi connectivity index (χ0) is 16.2. The van der Waals surface area contributed by atoms with Gasteiger partial charge >= 0.3 is 0 Å². The van der Waals surface area contributed by atoms with Crippen molar-refractivity contribution in [1.29, 1.82) is 0 Å². The second-order valence-corrected chi connectivity index (χ2v) is 5.89. The summed E-state index contributed by atoms with van der Waals surface area (Å²) in [6.07, 6.45) is 5.01. The molecule has 3 rings (SSSR count). The van der Waals surface area contributed by atoms with Crippen LogP contribution in [0.3, 0.4) is 0 Å². The number of carbonyl (C=O) groups is 1. The number of hydrogen-bond donors (Lipinski definition) is 1. The van der Waals surface area contributed by atoms with Gasteiger partial charge in [0.05, 0.1) is 6.10 Å². The summed E-state index contributed by atoms with van der Waals surface area (Å²) in [5.41, 5.74) is 1.12. The molecule has 2 aromatic rings. The lowest BCUT2D eigenvalue weighted by molar-refractivity contribution is 0.102. The van der Waals surface area contributed by atoms with Crippen LogP contribution in [0, 0.1) is 0 Å². The highest BCUT2D eigenvalue weighted by molar-refractivity contribution is 6.02. The molecule has 0 unspecified atom stereocenters. The third kappa shape index (κ3) is 4.06. The molecule has 1 fully saturated rings. The molecule has 23 heavy (non-hydrogen) atoms. The first-order chi connectivity index (χ1) is 11.2. The first-order valence-electron chi connectivity index (χ1n) is 8.06. The molecule has 0 radical (unpaired) electrons. The first kappa shape index (κ1) is 15.5. The number of nitrogens with one attached hydrogen (secondary N) is 1. The maximum absolute atomic E-state index is 12.3. The average Bonchev–Trinajstić information content (AvgIpc) is 3.41. The third-order valence-electron chi connectivity index (χ3n) is 3.87. The number of ether oxygens (including phenoxy) is 1. The number of carbonyl (C=O) groups excluding carboxylic acids is 1. The van der Waals surface area contributed by atoms with Crippen molar-refractivity contribution in [2.24, 2.45) is 0 Å². The standard InChI is InChI=1S/C18H21N3O2/c1-3-12(2)23-15-8-6-14(7-9-15)20-18(22)16-10-11-19-17(21-16)13-4-5-13/h6-13H,3-5H2,1-2H3,(H,20,22)/t12-/m0/s1. The van der Waals surface area contributed by atoms with Crippen LogP contribution in [-0.2, 0) is 0 Å². The Hall–Kier alpha value is -2.43. The minimum Gasteiger partial charge on any atom is -0.491 e. The van der Waals surface area contributed by atoms with Crippen LogP contribution in [0.4, 0.5) is 5.69 Å². The summed E-state index contributed by atoms with van der Waals surface area (Å²) in [5, 5.41) is 2.85. The molecule has 1 atom stereocenters. The molecule has 1 amide bonds. The van der Waals surface area contributed by atoms with Gasteiger partial charge in [-0.25, -0.2) is 9.97 Å². The quantitative estimate of drug-likeness (QED) is 0.881. The van der Waals surface area contributed by atoms with Gasteiger partial charge < -0.3 is 10.1 Å². The molecular formula is C18H21N3O2. The van der Waals surface area contributed by atoms with Gasteiger partial charge in [0.1, 0.15) is 17.3 Å². The van der Waals surface area contributed by atoms with Crippen LogP contribution in [-0.4, -0.2) is 22.0 Å². The van der Waals surface area contributed by atoms with Gasteiger partial charge in [-0.3, -0.25) is 4.79 Å². The van der Waals surface area contributed by atoms with Crippen LogP contribution < -0.4 is 10.1 Å². The number of amides is 1. The lowest BCUT2D eigenvalue weighted by Gasteiger charge is -2.13. The molecule has 0 saturated heterocycles. The molecule has 1 heterocycles. The zero-order valence-electron chi connectivity index (χ0n) is 13.5. The Bertz CT molecular complexity index is 681. The van der Waals surface area contributed by atoms with Gasteiger partial charge in [-0.15, -0.1) is 0 Å². The molecule has 1 aliphatic rings. The van der Waals surface area contributed by atoms with Crippen molar-refractivity contribution in [2.45, 2.75) is 45.1 Å². The van der Waals surface area contributed by atoms with Crippen LogP contribution >= 0.6 is 0 Å². The van der Waals surface area contributed by atoms with Gasteiger partial charge in [0, 0.05) is 17.8 Å². The topological polar surface area (TPSA) is 64.1 Å². The summed E-state index contributed by atoms with van der Waals surface area (Å²) in [7, 11) is 0. The van der Waals surface area contributed by atoms with E-state index in [9.17, 15) is 4.79 Å². The predicted octanol–water partition coefficient (Wildman–Crippen LogP) is 3.78. The van der Waals surface area contributed by atoms with Crippen molar-refractivity contribution >= 4 is 11.6 Å². The molecular weight excluding hydrogens is 290 g/mol. The maximum atomic E-state index is 12.3. The molecule has 1 saturated carbocycles. The van der Waals surface area contributed by atoms with Crippen molar-refractivity contribution < 1.29 is 9.53 Å². The number of aromatic nitrogens is 2. The van der Waals surface area contributed by atoms with E-state index in [1.807, 2.05) is 31.2 Å². The van der Waals surface area contributed by atoms with Gasteiger partial charge in [0.2, 0.25) is 0 Å². The largest absolute Gasteiger partial charge is 0.491 e. The Labute approximate surface area is 136 Å². The van der Waals surface area contributed by atoms with E-state index in [1.54, 1.807) is 12.3 Å². The Morgan fingerprint density at radius 3 is 2.70 bits per heavy atom. The normalized spacial score (nSPS) is 15.0. The maximum Gasteiger partial charge on any atom is 0.274 e. The van der Waals surface area contributed by atoms with E-state index in [0.717, 1.165) is 36.5 Å². The van der Waals surface area contributed by atoms with Crippen LogP contribution in [0.1, 0.15) is 55.3 Å². The van der Waals surface area contributed by atoms with E-state index in [0.29, 0.717) is 11.6 Å². The molecule has 0 spiro atoms. The fourth-order valence-corrected chi connectivity index (χ4v) is 2.17. The van der Waals surface area contributed by atoms with Gasteiger partial charge in [-0.1, -0.05) is 6.92 Å². The average molecular weight is 311 g/mol. The zero-order valence-corrected chi connectivity index (χ0v) is 13.5. The highest BCUT2D eigenvalue weighted by Crippen LogP contribution is 2.37. The summed E-state index contributed by atoms with van der Waals surface area (Å²) < 4.78 is 5.72. The van der Waals surface area contributed by atoms with Crippen LogP contribution in [0.5, 0.6) is 5.75 Å². The number of benzene rings is 1. The fourth-order valence-electron chi connectivity index (χ4n) is 2.17. The van der Waals surface area contributed by atoms with Crippen molar-refractivity contribution in [3.63, 3.8) is 0 Å². The summed E-state index contributed by atoms with van der Waals surface area (Å²) in [5.74, 6) is 1.79. The predicted molar refractivity (Wildman–Crippen MR) is 88.8 cm³/mol. The Kier molecular flexibility index (Phi) is 4.55. The Morgan fingerprint density at radius 1 is 1.30 bits per heavy atom. The second-order valence-electron chi connectivity index (χ2n) is 5.89. The van der Waals surface area contributed by atoms with Gasteiger partial charge in [-0.2, -0.15) is 0 Å². The molecule has 1 N–H and O–H groups in total. The van der Waals surface area contributed by atoms with Crippen molar-refractivity contribution in [1.82, 2.24) is 9.97 Å². The lowest BCUT2D eigenvalue weighted by atomic mass is 10.2. The number of hydrogen-bond acceptors (Lipinski definition) is 4. The van der Waals surface area contributed by atoms with E-state index in [4.69, 9.17) is 4.74 Å². The smallest absolute Gasteiger partial charge is 0.274 e. The van der Waals surface area contributed by atoms with Gasteiger partial charge in [0.25, 0.3) is 5.91 Å².